The van der Waals surface area contributed by atoms with Crippen molar-refractivity contribution in [2.45, 2.75) is 91.4 Å². The number of methoxy groups -OCH3 is 1. The molecule has 4 rings (SSSR count). The van der Waals surface area contributed by atoms with Gasteiger partial charge in [-0.1, -0.05) is 33.6 Å². The van der Waals surface area contributed by atoms with Crippen LogP contribution in [0.15, 0.2) is 0 Å². The van der Waals surface area contributed by atoms with E-state index in [1.165, 1.54) is 58.5 Å². The highest BCUT2D eigenvalue weighted by atomic mass is 16.5. The molecule has 0 aliphatic heterocycles. The van der Waals surface area contributed by atoms with Crippen LogP contribution < -0.4 is 0 Å². The lowest BCUT2D eigenvalue weighted by atomic mass is 9.44. The zero-order valence-corrected chi connectivity index (χ0v) is 18.5. The van der Waals surface area contributed by atoms with Crippen molar-refractivity contribution in [2.75, 3.05) is 7.11 Å². The number of carbonyl (C=O) groups is 2. The predicted octanol–water partition coefficient (Wildman–Crippen LogP) is 5.80. The maximum atomic E-state index is 13.7. The Kier molecular flexibility index (Phi) is 5.42. The highest BCUT2D eigenvalue weighted by molar-refractivity contribution is 5.87. The molecule has 0 aromatic rings. The number of Topliss-reactive ketones (excluding diaryl/α,β-unsaturated/α-hetero) is 1. The van der Waals surface area contributed by atoms with Gasteiger partial charge in [0.2, 0.25) is 0 Å². The molecule has 4 saturated carbocycles. The van der Waals surface area contributed by atoms with E-state index in [1.807, 2.05) is 0 Å². The minimum atomic E-state index is -0.158. The fourth-order valence-corrected chi connectivity index (χ4v) is 8.59. The van der Waals surface area contributed by atoms with Gasteiger partial charge in [0.05, 0.1) is 7.11 Å². The van der Waals surface area contributed by atoms with Crippen molar-refractivity contribution in [3.8, 4) is 0 Å². The summed E-state index contributed by atoms with van der Waals surface area (Å²) in [7, 11) is 1.47. The molecule has 0 radical (unpaired) electrons. The number of ketones is 1. The molecule has 158 valence electrons. The molecule has 0 saturated heterocycles. The van der Waals surface area contributed by atoms with E-state index in [9.17, 15) is 9.59 Å². The lowest BCUT2D eigenvalue weighted by Gasteiger charge is -2.60. The summed E-state index contributed by atoms with van der Waals surface area (Å²) in [4.78, 5) is 25.3. The molecule has 3 heteroatoms. The van der Waals surface area contributed by atoms with Crippen LogP contribution in [0.3, 0.4) is 0 Å². The van der Waals surface area contributed by atoms with Crippen molar-refractivity contribution in [3.63, 3.8) is 0 Å². The molecule has 0 heterocycles. The first kappa shape index (κ1) is 20.4. The Labute approximate surface area is 171 Å². The van der Waals surface area contributed by atoms with Crippen molar-refractivity contribution in [2.24, 2.45) is 46.3 Å². The van der Waals surface area contributed by atoms with Crippen LogP contribution in [0.1, 0.15) is 91.4 Å². The van der Waals surface area contributed by atoms with Gasteiger partial charge in [-0.05, 0) is 85.9 Å². The van der Waals surface area contributed by atoms with Crippen LogP contribution in [0.25, 0.3) is 0 Å². The Morgan fingerprint density at radius 3 is 2.64 bits per heavy atom. The minimum absolute atomic E-state index is 0.120. The van der Waals surface area contributed by atoms with Gasteiger partial charge in [0, 0.05) is 18.3 Å². The number of rotatable bonds is 4. The summed E-state index contributed by atoms with van der Waals surface area (Å²) in [5, 5.41) is 0. The zero-order valence-electron chi connectivity index (χ0n) is 18.5. The van der Waals surface area contributed by atoms with Gasteiger partial charge in [-0.2, -0.15) is 0 Å². The third-order valence-electron chi connectivity index (χ3n) is 10.2. The number of carbonyl (C=O) groups excluding carboxylic acids is 2. The lowest BCUT2D eigenvalue weighted by molar-refractivity contribution is -0.157. The number of ether oxygens (including phenoxy) is 1. The molecule has 0 amide bonds. The SMILES string of the molecule is COC(=O)CC[C@H](C)[C@H]1CC[C@H]2[C@@H]3CC[C@@H]4CCCC[C@]4(C)[C@H]3CC(=O)[C@]12C. The molecule has 0 unspecified atom stereocenters. The highest BCUT2D eigenvalue weighted by Crippen LogP contribution is 2.67. The van der Waals surface area contributed by atoms with E-state index in [0.717, 1.165) is 24.7 Å². The number of esters is 1. The smallest absolute Gasteiger partial charge is 0.305 e. The van der Waals surface area contributed by atoms with E-state index >= 15 is 0 Å². The van der Waals surface area contributed by atoms with Gasteiger partial charge in [0.15, 0.2) is 0 Å². The molecule has 4 aliphatic carbocycles. The summed E-state index contributed by atoms with van der Waals surface area (Å²) in [6.07, 6.45) is 12.8. The molecule has 8 atom stereocenters. The summed E-state index contributed by atoms with van der Waals surface area (Å²) in [6.45, 7) is 7.10. The van der Waals surface area contributed by atoms with E-state index in [0.29, 0.717) is 41.3 Å². The molecule has 4 aliphatic rings. The van der Waals surface area contributed by atoms with Gasteiger partial charge in [-0.3, -0.25) is 9.59 Å². The van der Waals surface area contributed by atoms with E-state index in [2.05, 4.69) is 20.8 Å². The fraction of sp³-hybridized carbons (Fsp3) is 0.920. The quantitative estimate of drug-likeness (QED) is 0.571. The summed E-state index contributed by atoms with van der Waals surface area (Å²) in [5.74, 6) is 4.09. The van der Waals surface area contributed by atoms with Gasteiger partial charge in [0.1, 0.15) is 5.78 Å². The summed E-state index contributed by atoms with van der Waals surface area (Å²) in [6, 6.07) is 0. The second-order valence-corrected chi connectivity index (χ2v) is 11.1. The van der Waals surface area contributed by atoms with Crippen molar-refractivity contribution < 1.29 is 14.3 Å². The number of hydrogen-bond donors (Lipinski definition) is 0. The average Bonchev–Trinajstić information content (AvgIpc) is 3.05. The molecule has 3 nitrogen and oxygen atoms in total. The zero-order chi connectivity index (χ0) is 20.1. The van der Waals surface area contributed by atoms with Crippen molar-refractivity contribution in [1.29, 1.82) is 0 Å². The predicted molar refractivity (Wildman–Crippen MR) is 111 cm³/mol. The second kappa shape index (κ2) is 7.43. The van der Waals surface area contributed by atoms with Gasteiger partial charge in [0.25, 0.3) is 0 Å². The first-order valence-electron chi connectivity index (χ1n) is 11.9. The van der Waals surface area contributed by atoms with E-state index in [4.69, 9.17) is 4.74 Å². The largest absolute Gasteiger partial charge is 0.469 e. The molecule has 4 fully saturated rings. The Balaban J connectivity index is 1.55. The first-order chi connectivity index (χ1) is 13.3. The first-order valence-corrected chi connectivity index (χ1v) is 11.9. The Morgan fingerprint density at radius 2 is 1.89 bits per heavy atom. The summed E-state index contributed by atoms with van der Waals surface area (Å²) in [5.41, 5.74) is 0.251. The monoisotopic (exact) mass is 388 g/mol. The second-order valence-electron chi connectivity index (χ2n) is 11.1. The fourth-order valence-electron chi connectivity index (χ4n) is 8.59. The number of fused-ring (bicyclic) bond motifs is 5. The summed E-state index contributed by atoms with van der Waals surface area (Å²) >= 11 is 0. The maximum Gasteiger partial charge on any atom is 0.305 e. The third-order valence-corrected chi connectivity index (χ3v) is 10.2. The molecule has 0 aromatic heterocycles. The van der Waals surface area contributed by atoms with Crippen LogP contribution in [0.4, 0.5) is 0 Å². The van der Waals surface area contributed by atoms with Crippen LogP contribution in [0, 0.1) is 46.3 Å². The molecular weight excluding hydrogens is 348 g/mol. The standard InChI is InChI=1S/C25H40O3/c1-16(8-13-23(27)28-4)19-11-12-20-18-10-9-17-7-5-6-14-24(17,2)21(18)15-22(26)25(19,20)3/h16-21H,5-15H2,1-4H3/t16-,17-,18-,19+,20-,21-,24-,25+/m0/s1. The Bertz CT molecular complexity index is 627. The lowest BCUT2D eigenvalue weighted by Crippen LogP contribution is -2.56. The Hall–Kier alpha value is -0.860. The average molecular weight is 389 g/mol. The molecule has 0 bridgehead atoms. The van der Waals surface area contributed by atoms with E-state index in [-0.39, 0.29) is 11.4 Å². The van der Waals surface area contributed by atoms with Crippen molar-refractivity contribution in [1.82, 2.24) is 0 Å². The normalized spacial score (nSPS) is 46.3. The highest BCUT2D eigenvalue weighted by Gasteiger charge is 2.63. The van der Waals surface area contributed by atoms with Crippen LogP contribution in [-0.2, 0) is 14.3 Å². The topological polar surface area (TPSA) is 43.4 Å². The van der Waals surface area contributed by atoms with Gasteiger partial charge in [-0.15, -0.1) is 0 Å². The molecule has 28 heavy (non-hydrogen) atoms. The number of hydrogen-bond acceptors (Lipinski definition) is 3. The molecule has 0 spiro atoms. The summed E-state index contributed by atoms with van der Waals surface area (Å²) < 4.78 is 4.84. The van der Waals surface area contributed by atoms with Crippen LogP contribution >= 0.6 is 0 Å². The van der Waals surface area contributed by atoms with E-state index < -0.39 is 0 Å². The third kappa shape index (κ3) is 2.98. The van der Waals surface area contributed by atoms with E-state index in [1.54, 1.807) is 0 Å². The van der Waals surface area contributed by atoms with Gasteiger partial charge < -0.3 is 4.74 Å². The molecular formula is C25H40O3. The van der Waals surface area contributed by atoms with Crippen molar-refractivity contribution >= 4 is 11.8 Å². The maximum absolute atomic E-state index is 13.7. The minimum Gasteiger partial charge on any atom is -0.469 e. The Morgan fingerprint density at radius 1 is 1.11 bits per heavy atom. The van der Waals surface area contributed by atoms with Gasteiger partial charge >= 0.3 is 5.97 Å². The van der Waals surface area contributed by atoms with Crippen LogP contribution in [0.2, 0.25) is 0 Å². The van der Waals surface area contributed by atoms with Gasteiger partial charge in [-0.25, -0.2) is 0 Å². The van der Waals surface area contributed by atoms with Crippen LogP contribution in [-0.4, -0.2) is 18.9 Å². The van der Waals surface area contributed by atoms with Crippen LogP contribution in [0.5, 0.6) is 0 Å². The molecule has 0 aromatic carbocycles. The van der Waals surface area contributed by atoms with Crippen molar-refractivity contribution in [3.05, 3.63) is 0 Å². The molecule has 0 N–H and O–H groups in total.